The molecule has 7 nitrogen and oxygen atoms in total. The van der Waals surface area contributed by atoms with E-state index in [0.717, 1.165) is 34.6 Å². The number of rotatable bonds is 2. The van der Waals surface area contributed by atoms with E-state index in [1.807, 2.05) is 6.92 Å². The Balaban J connectivity index is 2.61. The molecule has 0 saturated carbocycles. The lowest BCUT2D eigenvalue weighted by Crippen LogP contribution is -2.46. The smallest absolute Gasteiger partial charge is 0.302 e. The van der Waals surface area contributed by atoms with Crippen molar-refractivity contribution in [3.8, 4) is 0 Å². The second-order valence-corrected chi connectivity index (χ2v) is 7.07. The van der Waals surface area contributed by atoms with E-state index in [9.17, 15) is 18.0 Å². The summed E-state index contributed by atoms with van der Waals surface area (Å²) in [6, 6.07) is -0.129. The second kappa shape index (κ2) is 5.17. The average molecular weight is 301 g/mol. The van der Waals surface area contributed by atoms with Crippen molar-refractivity contribution < 1.29 is 8.42 Å². The van der Waals surface area contributed by atoms with Crippen LogP contribution >= 0.6 is 0 Å². The van der Waals surface area contributed by atoms with Gasteiger partial charge in [-0.2, -0.15) is 4.31 Å². The number of piperidine rings is 1. The maximum Gasteiger partial charge on any atom is 0.330 e. The molecule has 1 fully saturated rings. The molecule has 1 saturated heterocycles. The Kier molecular flexibility index (Phi) is 3.88. The molecule has 0 aromatic carbocycles. The highest BCUT2D eigenvalue weighted by Crippen LogP contribution is 2.23. The molecule has 0 radical (unpaired) electrons. The molecule has 1 aliphatic rings. The fourth-order valence-electron chi connectivity index (χ4n) is 2.51. The van der Waals surface area contributed by atoms with Crippen molar-refractivity contribution >= 4 is 10.0 Å². The normalized spacial score (nSPS) is 21.1. The summed E-state index contributed by atoms with van der Waals surface area (Å²) in [7, 11) is -1.15. The van der Waals surface area contributed by atoms with Crippen molar-refractivity contribution in [2.24, 2.45) is 14.1 Å². The number of hydrogen-bond acceptors (Lipinski definition) is 4. The highest BCUT2D eigenvalue weighted by Gasteiger charge is 2.33. The molecular weight excluding hydrogens is 282 g/mol. The van der Waals surface area contributed by atoms with Gasteiger partial charge in [-0.3, -0.25) is 9.36 Å². The molecule has 8 heteroatoms. The first-order valence-electron chi connectivity index (χ1n) is 6.55. The molecule has 0 unspecified atom stereocenters. The Hall–Kier alpha value is -1.41. The molecule has 0 bridgehead atoms. The van der Waals surface area contributed by atoms with Gasteiger partial charge in [0.05, 0.1) is 0 Å². The first kappa shape index (κ1) is 15.0. The Morgan fingerprint density at radius 1 is 1.20 bits per heavy atom. The highest BCUT2D eigenvalue weighted by molar-refractivity contribution is 7.89. The van der Waals surface area contributed by atoms with E-state index in [1.165, 1.54) is 18.4 Å². The Labute approximate surface area is 117 Å². The summed E-state index contributed by atoms with van der Waals surface area (Å²) >= 11 is 0. The van der Waals surface area contributed by atoms with Crippen LogP contribution in [-0.2, 0) is 24.1 Å². The van der Waals surface area contributed by atoms with Gasteiger partial charge in [-0.1, -0.05) is 6.42 Å². The quantitative estimate of drug-likeness (QED) is 0.747. The monoisotopic (exact) mass is 301 g/mol. The largest absolute Gasteiger partial charge is 0.330 e. The zero-order chi connectivity index (χ0) is 15.1. The van der Waals surface area contributed by atoms with Gasteiger partial charge in [0.2, 0.25) is 10.0 Å². The number of aromatic nitrogens is 2. The van der Waals surface area contributed by atoms with Crippen molar-refractivity contribution in [2.75, 3.05) is 6.54 Å². The minimum absolute atomic E-state index is 0.129. The molecule has 1 aromatic rings. The predicted molar refractivity (Wildman–Crippen MR) is 74.1 cm³/mol. The third kappa shape index (κ3) is 2.33. The molecule has 2 heterocycles. The Bertz CT molecular complexity index is 732. The van der Waals surface area contributed by atoms with Gasteiger partial charge in [-0.25, -0.2) is 13.2 Å². The van der Waals surface area contributed by atoms with Crippen LogP contribution in [-0.4, -0.2) is 34.4 Å². The van der Waals surface area contributed by atoms with Gasteiger partial charge in [0, 0.05) is 32.9 Å². The lowest BCUT2D eigenvalue weighted by Gasteiger charge is -2.32. The summed E-state index contributed by atoms with van der Waals surface area (Å²) in [5.74, 6) is 0. The van der Waals surface area contributed by atoms with Crippen LogP contribution in [0.5, 0.6) is 0 Å². The van der Waals surface area contributed by atoms with Gasteiger partial charge in [-0.05, 0) is 19.8 Å². The van der Waals surface area contributed by atoms with Gasteiger partial charge in [0.15, 0.2) is 4.90 Å². The van der Waals surface area contributed by atoms with Crippen LogP contribution in [0.3, 0.4) is 0 Å². The lowest BCUT2D eigenvalue weighted by molar-refractivity contribution is 0.268. The van der Waals surface area contributed by atoms with Crippen LogP contribution in [0.25, 0.3) is 0 Å². The van der Waals surface area contributed by atoms with Crippen molar-refractivity contribution in [2.45, 2.75) is 37.1 Å². The van der Waals surface area contributed by atoms with Crippen LogP contribution in [0.15, 0.2) is 20.7 Å². The van der Waals surface area contributed by atoms with Crippen molar-refractivity contribution in [1.29, 1.82) is 0 Å². The summed E-state index contributed by atoms with van der Waals surface area (Å²) in [6.45, 7) is 2.25. The van der Waals surface area contributed by atoms with Gasteiger partial charge in [0.1, 0.15) is 0 Å². The molecule has 1 atom stereocenters. The van der Waals surface area contributed by atoms with Crippen molar-refractivity contribution in [1.82, 2.24) is 13.4 Å². The first-order valence-corrected chi connectivity index (χ1v) is 7.99. The van der Waals surface area contributed by atoms with Gasteiger partial charge >= 0.3 is 5.69 Å². The van der Waals surface area contributed by atoms with E-state index < -0.39 is 21.3 Å². The van der Waals surface area contributed by atoms with E-state index >= 15 is 0 Å². The Morgan fingerprint density at radius 3 is 2.45 bits per heavy atom. The number of sulfonamides is 1. The summed E-state index contributed by atoms with van der Waals surface area (Å²) in [5.41, 5.74) is -1.31. The molecule has 1 aliphatic heterocycles. The molecule has 0 amide bonds. The summed E-state index contributed by atoms with van der Waals surface area (Å²) in [6.07, 6.45) is 3.67. The van der Waals surface area contributed by atoms with Crippen molar-refractivity contribution in [3.63, 3.8) is 0 Å². The predicted octanol–water partition coefficient (Wildman–Crippen LogP) is -0.353. The topological polar surface area (TPSA) is 81.4 Å². The molecule has 0 spiro atoms. The molecular formula is C12H19N3O4S. The minimum Gasteiger partial charge on any atom is -0.302 e. The zero-order valence-corrected chi connectivity index (χ0v) is 12.7. The average Bonchev–Trinajstić information content (AvgIpc) is 2.40. The first-order chi connectivity index (χ1) is 9.26. The van der Waals surface area contributed by atoms with Crippen molar-refractivity contribution in [3.05, 3.63) is 27.0 Å². The van der Waals surface area contributed by atoms with Crippen LogP contribution in [0, 0.1) is 0 Å². The maximum absolute atomic E-state index is 12.6. The molecule has 0 aliphatic carbocycles. The Morgan fingerprint density at radius 2 is 1.85 bits per heavy atom. The lowest BCUT2D eigenvalue weighted by atomic mass is 10.1. The number of hydrogen-bond donors (Lipinski definition) is 0. The van der Waals surface area contributed by atoms with Crippen LogP contribution in [0.1, 0.15) is 26.2 Å². The fraction of sp³-hybridized carbons (Fsp3) is 0.667. The zero-order valence-electron chi connectivity index (χ0n) is 11.9. The number of aryl methyl sites for hydroxylation is 1. The van der Waals surface area contributed by atoms with Crippen LogP contribution in [0.2, 0.25) is 0 Å². The molecule has 1 aromatic heterocycles. The number of nitrogens with zero attached hydrogens (tertiary/aromatic N) is 3. The summed E-state index contributed by atoms with van der Waals surface area (Å²) < 4.78 is 28.6. The van der Waals surface area contributed by atoms with E-state index in [0.29, 0.717) is 6.54 Å². The molecule has 2 rings (SSSR count). The van der Waals surface area contributed by atoms with Gasteiger partial charge in [0.25, 0.3) is 5.56 Å². The van der Waals surface area contributed by atoms with E-state index in [4.69, 9.17) is 0 Å². The SMILES string of the molecule is C[C@H]1CCCCN1S(=O)(=O)c1cn(C)c(=O)n(C)c1=O. The summed E-state index contributed by atoms with van der Waals surface area (Å²) in [5, 5.41) is 0. The van der Waals surface area contributed by atoms with Crippen LogP contribution < -0.4 is 11.2 Å². The third-order valence-electron chi connectivity index (χ3n) is 3.74. The highest BCUT2D eigenvalue weighted by atomic mass is 32.2. The minimum atomic E-state index is -3.86. The summed E-state index contributed by atoms with van der Waals surface area (Å²) in [4.78, 5) is 23.4. The second-order valence-electron chi connectivity index (χ2n) is 5.21. The van der Waals surface area contributed by atoms with Gasteiger partial charge < -0.3 is 4.57 Å². The van der Waals surface area contributed by atoms with E-state index in [1.54, 1.807) is 0 Å². The fourth-order valence-corrected chi connectivity index (χ4v) is 4.36. The van der Waals surface area contributed by atoms with E-state index in [2.05, 4.69) is 0 Å². The maximum atomic E-state index is 12.6. The van der Waals surface area contributed by atoms with Crippen LogP contribution in [0.4, 0.5) is 0 Å². The molecule has 112 valence electrons. The molecule has 0 N–H and O–H groups in total. The molecule has 20 heavy (non-hydrogen) atoms. The van der Waals surface area contributed by atoms with E-state index in [-0.39, 0.29) is 10.9 Å². The standard InChI is InChI=1S/C12H19N3O4S/c1-9-6-4-5-7-15(9)20(18,19)10-8-13(2)12(17)14(3)11(10)16/h8-9H,4-7H2,1-3H3/t9-/m0/s1. The van der Waals surface area contributed by atoms with Gasteiger partial charge in [-0.15, -0.1) is 0 Å². The third-order valence-corrected chi connectivity index (χ3v) is 5.74.